The summed E-state index contributed by atoms with van der Waals surface area (Å²) in [7, 11) is 3.81. The fraction of sp³-hybridized carbons (Fsp3) is 0.941. The van der Waals surface area contributed by atoms with E-state index >= 15 is 0 Å². The summed E-state index contributed by atoms with van der Waals surface area (Å²) in [5.74, 6) is 1.06. The summed E-state index contributed by atoms with van der Waals surface area (Å²) in [4.78, 5) is 21.4. The van der Waals surface area contributed by atoms with Gasteiger partial charge < -0.3 is 24.0 Å². The number of hydrogen-bond acceptors (Lipinski definition) is 7. The Hall–Kier alpha value is -1.89. The first kappa shape index (κ1) is 58.1. The maximum Gasteiger partial charge on any atom is 0.305 e. The Morgan fingerprint density at radius 3 is 1.62 bits per heavy atom. The molecule has 0 aliphatic carbocycles. The number of carbonyl (C=O) groups is 1. The summed E-state index contributed by atoms with van der Waals surface area (Å²) in [6.45, 7) is 14.8. The van der Waals surface area contributed by atoms with Gasteiger partial charge in [-0.25, -0.2) is 0 Å². The molecule has 9 heteroatoms. The Bertz CT molecular complexity index is 958. The highest BCUT2D eigenvalue weighted by Crippen LogP contribution is 2.18. The van der Waals surface area contributed by atoms with Crippen molar-refractivity contribution in [3.8, 4) is 6.19 Å². The number of hydrogen-bond donors (Lipinski definition) is 1. The van der Waals surface area contributed by atoms with Crippen molar-refractivity contribution in [2.45, 2.75) is 246 Å². The van der Waals surface area contributed by atoms with Crippen molar-refractivity contribution in [2.24, 2.45) is 10.9 Å². The molecule has 0 radical (unpaired) electrons. The van der Waals surface area contributed by atoms with Crippen LogP contribution in [0.3, 0.4) is 0 Å². The van der Waals surface area contributed by atoms with E-state index in [1.807, 2.05) is 25.2 Å². The first-order valence-corrected chi connectivity index (χ1v) is 25.8. The highest BCUT2D eigenvalue weighted by Gasteiger charge is 2.11. The Morgan fingerprint density at radius 2 is 1.08 bits per heavy atom. The molecule has 0 rings (SSSR count). The highest BCUT2D eigenvalue weighted by molar-refractivity contribution is 5.80. The molecule has 0 fully saturated rings. The van der Waals surface area contributed by atoms with Crippen LogP contribution >= 0.6 is 0 Å². The summed E-state index contributed by atoms with van der Waals surface area (Å²) < 4.78 is 17.8. The molecule has 1 unspecified atom stereocenters. The largest absolute Gasteiger partial charge is 0.465 e. The smallest absolute Gasteiger partial charge is 0.305 e. The third-order valence-electron chi connectivity index (χ3n) is 11.8. The van der Waals surface area contributed by atoms with E-state index in [1.165, 1.54) is 173 Å². The minimum Gasteiger partial charge on any atom is -0.465 e. The van der Waals surface area contributed by atoms with Crippen LogP contribution in [-0.2, 0) is 19.0 Å². The minimum atomic E-state index is -0.0247. The summed E-state index contributed by atoms with van der Waals surface area (Å²) in [6, 6.07) is 0. The second kappa shape index (κ2) is 46.6. The van der Waals surface area contributed by atoms with Crippen LogP contribution in [0.25, 0.3) is 0 Å². The first-order chi connectivity index (χ1) is 29.4. The van der Waals surface area contributed by atoms with Crippen LogP contribution in [0.4, 0.5) is 0 Å². The van der Waals surface area contributed by atoms with Crippen LogP contribution in [0.1, 0.15) is 240 Å². The predicted octanol–water partition coefficient (Wildman–Crippen LogP) is 13.7. The SMILES string of the molecule is CCCCCCCCC(CCCCCCCC)OCOCCCCCCCCN(CCCCCCCC(=O)OCC(C)CCCCCCC)CCCN=C(NC#N)N(C)C. The van der Waals surface area contributed by atoms with Gasteiger partial charge in [0.1, 0.15) is 6.79 Å². The lowest BCUT2D eigenvalue weighted by Crippen LogP contribution is -2.34. The van der Waals surface area contributed by atoms with E-state index < -0.39 is 0 Å². The molecule has 0 saturated heterocycles. The Labute approximate surface area is 373 Å². The number of rotatable bonds is 46. The molecule has 0 bridgehead atoms. The van der Waals surface area contributed by atoms with Crippen molar-refractivity contribution in [1.82, 2.24) is 15.1 Å². The number of carbonyl (C=O) groups excluding carboxylic acids is 1. The maximum atomic E-state index is 12.3. The quantitative estimate of drug-likeness (QED) is 0.0123. The van der Waals surface area contributed by atoms with Crippen molar-refractivity contribution in [3.63, 3.8) is 0 Å². The van der Waals surface area contributed by atoms with Crippen LogP contribution < -0.4 is 5.32 Å². The summed E-state index contributed by atoms with van der Waals surface area (Å²) in [5.41, 5.74) is 0. The van der Waals surface area contributed by atoms with Crippen LogP contribution in [-0.4, -0.2) is 88.1 Å². The van der Waals surface area contributed by atoms with Crippen molar-refractivity contribution < 1.29 is 19.0 Å². The van der Waals surface area contributed by atoms with Gasteiger partial charge in [0.2, 0.25) is 5.96 Å². The van der Waals surface area contributed by atoms with Gasteiger partial charge in [-0.3, -0.25) is 15.1 Å². The van der Waals surface area contributed by atoms with Gasteiger partial charge in [-0.05, 0) is 76.9 Å². The molecule has 0 spiro atoms. The van der Waals surface area contributed by atoms with Gasteiger partial charge in [-0.15, -0.1) is 0 Å². The molecule has 1 N–H and O–H groups in total. The molecule has 60 heavy (non-hydrogen) atoms. The van der Waals surface area contributed by atoms with Gasteiger partial charge >= 0.3 is 5.97 Å². The molecule has 0 aromatic carbocycles. The van der Waals surface area contributed by atoms with Crippen molar-refractivity contribution in [3.05, 3.63) is 0 Å². The van der Waals surface area contributed by atoms with E-state index in [0.29, 0.717) is 44.3 Å². The number of nitriles is 1. The maximum absolute atomic E-state index is 12.3. The highest BCUT2D eigenvalue weighted by atomic mass is 16.7. The molecular weight excluding hydrogens is 747 g/mol. The van der Waals surface area contributed by atoms with E-state index in [4.69, 9.17) is 19.5 Å². The topological polar surface area (TPSA) is 99.4 Å². The van der Waals surface area contributed by atoms with E-state index in [-0.39, 0.29) is 5.97 Å². The van der Waals surface area contributed by atoms with Crippen molar-refractivity contribution in [1.29, 1.82) is 5.26 Å². The lowest BCUT2D eigenvalue weighted by molar-refractivity contribution is -0.145. The van der Waals surface area contributed by atoms with Gasteiger partial charge in [0, 0.05) is 33.7 Å². The lowest BCUT2D eigenvalue weighted by Gasteiger charge is -2.22. The zero-order chi connectivity index (χ0) is 44.0. The van der Waals surface area contributed by atoms with Crippen LogP contribution in [0.15, 0.2) is 4.99 Å². The molecule has 0 aromatic rings. The van der Waals surface area contributed by atoms with Crippen LogP contribution in [0.2, 0.25) is 0 Å². The number of unbranched alkanes of at least 4 members (excludes halogenated alkanes) is 23. The molecule has 0 heterocycles. The monoisotopic (exact) mass is 848 g/mol. The average molecular weight is 848 g/mol. The van der Waals surface area contributed by atoms with Gasteiger partial charge in [-0.1, -0.05) is 182 Å². The lowest BCUT2D eigenvalue weighted by atomic mass is 10.0. The molecule has 0 amide bonds. The molecule has 354 valence electrons. The second-order valence-corrected chi connectivity index (χ2v) is 18.1. The minimum absolute atomic E-state index is 0.0247. The predicted molar refractivity (Wildman–Crippen MR) is 256 cm³/mol. The Morgan fingerprint density at radius 1 is 0.617 bits per heavy atom. The Balaban J connectivity index is 4.37. The van der Waals surface area contributed by atoms with Crippen LogP contribution in [0, 0.1) is 17.4 Å². The summed E-state index contributed by atoms with van der Waals surface area (Å²) in [6.07, 6.45) is 42.9. The molecule has 0 saturated carbocycles. The van der Waals surface area contributed by atoms with Crippen LogP contribution in [0.5, 0.6) is 0 Å². The van der Waals surface area contributed by atoms with Gasteiger partial charge in [0.25, 0.3) is 0 Å². The molecule has 0 aliphatic rings. The van der Waals surface area contributed by atoms with Gasteiger partial charge in [0.05, 0.1) is 12.7 Å². The summed E-state index contributed by atoms with van der Waals surface area (Å²) in [5, 5.41) is 11.7. The zero-order valence-corrected chi connectivity index (χ0v) is 40.9. The third-order valence-corrected chi connectivity index (χ3v) is 11.8. The summed E-state index contributed by atoms with van der Waals surface area (Å²) >= 11 is 0. The zero-order valence-electron chi connectivity index (χ0n) is 40.9. The molecule has 0 aromatic heterocycles. The number of nitrogens with zero attached hydrogens (tertiary/aromatic N) is 4. The van der Waals surface area contributed by atoms with Gasteiger partial charge in [0.15, 0.2) is 6.19 Å². The van der Waals surface area contributed by atoms with E-state index in [0.717, 1.165) is 58.3 Å². The second-order valence-electron chi connectivity index (χ2n) is 18.1. The number of guanidine groups is 1. The van der Waals surface area contributed by atoms with E-state index in [9.17, 15) is 4.79 Å². The van der Waals surface area contributed by atoms with E-state index in [2.05, 4.69) is 42.9 Å². The average Bonchev–Trinajstić information content (AvgIpc) is 3.24. The number of esters is 1. The molecule has 9 nitrogen and oxygen atoms in total. The van der Waals surface area contributed by atoms with Gasteiger partial charge in [-0.2, -0.15) is 5.26 Å². The van der Waals surface area contributed by atoms with Crippen molar-refractivity contribution >= 4 is 11.9 Å². The number of ether oxygens (including phenoxy) is 3. The fourth-order valence-corrected chi connectivity index (χ4v) is 7.85. The molecular formula is C51H101N5O4. The number of aliphatic imine (C=N–C) groups is 1. The third kappa shape index (κ3) is 41.5. The molecule has 0 aliphatic heterocycles. The Kier molecular flexibility index (Phi) is 45.1. The normalized spacial score (nSPS) is 12.3. The standard InChI is InChI=1S/C51H101N5O4/c1-7-10-13-16-22-29-37-49(38-30-23-17-14-11-8-2)60-47-58-44-34-27-19-18-25-32-41-56(43-35-40-53-51(54-46-52)55(5)6)42-33-26-20-24-31-39-50(57)59-45-48(4)36-28-21-15-12-9-3/h48-49H,7-45,47H2,1-6H3,(H,53,54). The van der Waals surface area contributed by atoms with Crippen molar-refractivity contribution in [2.75, 3.05) is 60.3 Å². The van der Waals surface area contributed by atoms with E-state index in [1.54, 1.807) is 0 Å². The number of nitrogens with one attached hydrogen (secondary N) is 1. The first-order valence-electron chi connectivity index (χ1n) is 25.8. The fourth-order valence-electron chi connectivity index (χ4n) is 7.85. The molecule has 1 atom stereocenters.